The van der Waals surface area contributed by atoms with E-state index in [0.29, 0.717) is 50.3 Å². The number of ether oxygens (including phenoxy) is 1. The van der Waals surface area contributed by atoms with Crippen molar-refractivity contribution in [1.82, 2.24) is 9.47 Å². The first-order chi connectivity index (χ1) is 16.2. The number of hydrogen-bond acceptors (Lipinski definition) is 5. The Kier molecular flexibility index (Phi) is 8.05. The van der Waals surface area contributed by atoms with Crippen molar-refractivity contribution < 1.29 is 23.5 Å². The van der Waals surface area contributed by atoms with E-state index in [9.17, 15) is 24.0 Å². The minimum Gasteiger partial charge on any atom is -0.455 e. The van der Waals surface area contributed by atoms with E-state index < -0.39 is 24.4 Å². The molecule has 1 aromatic heterocycles. The average Bonchev–Trinajstić information content (AvgIpc) is 3.06. The van der Waals surface area contributed by atoms with Crippen LogP contribution in [0.3, 0.4) is 0 Å². The zero-order valence-electron chi connectivity index (χ0n) is 19.7. The highest BCUT2D eigenvalue weighted by atomic mass is 19.1. The Morgan fingerprint density at radius 1 is 1.24 bits per heavy atom. The van der Waals surface area contributed by atoms with E-state index in [4.69, 9.17) is 4.74 Å². The molecule has 3 rings (SSSR count). The topological polar surface area (TPSA) is 104 Å². The third-order valence-corrected chi connectivity index (χ3v) is 6.21. The van der Waals surface area contributed by atoms with E-state index in [0.717, 1.165) is 16.8 Å². The van der Waals surface area contributed by atoms with Crippen LogP contribution in [0.15, 0.2) is 24.3 Å². The van der Waals surface area contributed by atoms with Crippen molar-refractivity contribution in [3.05, 3.63) is 52.5 Å². The number of nitrogens with zero attached hydrogens (tertiary/aromatic N) is 3. The molecule has 1 N–H and O–H groups in total. The van der Waals surface area contributed by atoms with E-state index in [1.807, 2.05) is 6.92 Å². The van der Waals surface area contributed by atoms with Gasteiger partial charge in [0.15, 0.2) is 6.61 Å². The number of carbonyl (C=O) groups excluding carboxylic acids is 3. The molecule has 0 spiro atoms. The smallest absolute Gasteiger partial charge is 0.311 e. The minimum atomic E-state index is -0.569. The summed E-state index contributed by atoms with van der Waals surface area (Å²) < 4.78 is 20.3. The van der Waals surface area contributed by atoms with Gasteiger partial charge in [0, 0.05) is 31.7 Å². The monoisotopic (exact) mass is 468 g/mol. The fourth-order valence-corrected chi connectivity index (χ4v) is 4.14. The fourth-order valence-electron chi connectivity index (χ4n) is 4.14. The highest BCUT2D eigenvalue weighted by Crippen LogP contribution is 2.27. The Morgan fingerprint density at radius 2 is 1.94 bits per heavy atom. The molecule has 1 fully saturated rings. The van der Waals surface area contributed by atoms with Gasteiger partial charge in [-0.1, -0.05) is 19.1 Å². The number of hydrogen-bond donors (Lipinski definition) is 1. The van der Waals surface area contributed by atoms with Gasteiger partial charge in [-0.05, 0) is 49.9 Å². The maximum absolute atomic E-state index is 13.3. The number of likely N-dealkylation sites (tertiary alicyclic amines) is 1. The van der Waals surface area contributed by atoms with Gasteiger partial charge in [0.25, 0.3) is 5.91 Å². The lowest BCUT2D eigenvalue weighted by atomic mass is 9.98. The van der Waals surface area contributed by atoms with Crippen molar-refractivity contribution >= 4 is 23.6 Å². The molecule has 2 heterocycles. The molecule has 2 aromatic rings. The third-order valence-electron chi connectivity index (χ3n) is 6.21. The summed E-state index contributed by atoms with van der Waals surface area (Å²) in [7, 11) is 0. The second-order valence-electron chi connectivity index (χ2n) is 8.45. The number of benzene rings is 1. The van der Waals surface area contributed by atoms with Gasteiger partial charge in [-0.2, -0.15) is 5.26 Å². The summed E-state index contributed by atoms with van der Waals surface area (Å²) in [5, 5.41) is 12.4. The van der Waals surface area contributed by atoms with Gasteiger partial charge in [-0.3, -0.25) is 14.4 Å². The molecule has 180 valence electrons. The molecule has 0 radical (unpaired) electrons. The number of amides is 2. The largest absolute Gasteiger partial charge is 0.455 e. The first-order valence-electron chi connectivity index (χ1n) is 11.3. The Morgan fingerprint density at radius 3 is 2.59 bits per heavy atom. The number of nitrogens with one attached hydrogen (secondary N) is 1. The van der Waals surface area contributed by atoms with Crippen molar-refractivity contribution in [1.29, 1.82) is 5.26 Å². The van der Waals surface area contributed by atoms with Crippen molar-refractivity contribution in [2.45, 2.75) is 46.6 Å². The first-order valence-corrected chi connectivity index (χ1v) is 11.3. The number of nitriles is 1. The van der Waals surface area contributed by atoms with E-state index in [-0.39, 0.29) is 11.7 Å². The lowest BCUT2D eigenvalue weighted by molar-refractivity contribution is -0.154. The summed E-state index contributed by atoms with van der Waals surface area (Å²) in [6, 6.07) is 8.10. The molecule has 1 aromatic carbocycles. The van der Waals surface area contributed by atoms with Crippen LogP contribution < -0.4 is 5.32 Å². The van der Waals surface area contributed by atoms with Gasteiger partial charge in [0.05, 0.1) is 11.5 Å². The van der Waals surface area contributed by atoms with Crippen molar-refractivity contribution in [3.8, 4) is 6.07 Å². The number of esters is 1. The van der Waals surface area contributed by atoms with Gasteiger partial charge < -0.3 is 19.5 Å². The second-order valence-corrected chi connectivity index (χ2v) is 8.45. The number of rotatable bonds is 7. The molecule has 1 unspecified atom stereocenters. The normalized spacial score (nSPS) is 15.5. The van der Waals surface area contributed by atoms with Crippen LogP contribution in [0.25, 0.3) is 0 Å². The Hall–Kier alpha value is -3.67. The highest BCUT2D eigenvalue weighted by Gasteiger charge is 2.29. The molecule has 8 nitrogen and oxygen atoms in total. The maximum atomic E-state index is 13.3. The molecule has 1 atom stereocenters. The van der Waals surface area contributed by atoms with Crippen molar-refractivity contribution in [2.24, 2.45) is 5.92 Å². The van der Waals surface area contributed by atoms with Gasteiger partial charge in [-0.15, -0.1) is 0 Å². The number of anilines is 1. The van der Waals surface area contributed by atoms with Crippen LogP contribution >= 0.6 is 0 Å². The van der Waals surface area contributed by atoms with E-state index in [1.54, 1.807) is 35.4 Å². The number of aromatic nitrogens is 1. The fraction of sp³-hybridized carbons (Fsp3) is 0.440. The number of halogens is 1. The molecule has 1 saturated heterocycles. The summed E-state index contributed by atoms with van der Waals surface area (Å²) in [6.45, 7) is 6.15. The van der Waals surface area contributed by atoms with Crippen LogP contribution in [0.1, 0.15) is 48.6 Å². The summed E-state index contributed by atoms with van der Waals surface area (Å²) in [6.07, 6.45) is 1.69. The lowest BCUT2D eigenvalue weighted by Crippen LogP contribution is -2.42. The Bertz CT molecular complexity index is 1120. The van der Waals surface area contributed by atoms with E-state index >= 15 is 0 Å². The molecular weight excluding hydrogens is 439 g/mol. The van der Waals surface area contributed by atoms with Gasteiger partial charge in [0.2, 0.25) is 5.91 Å². The van der Waals surface area contributed by atoms with Crippen molar-refractivity contribution in [2.75, 3.05) is 25.0 Å². The maximum Gasteiger partial charge on any atom is 0.311 e. The third kappa shape index (κ3) is 5.63. The van der Waals surface area contributed by atoms with Crippen molar-refractivity contribution in [3.63, 3.8) is 0 Å². The predicted octanol–water partition coefficient (Wildman–Crippen LogP) is 3.29. The Labute approximate surface area is 198 Å². The highest BCUT2D eigenvalue weighted by molar-refractivity contribution is 5.94. The number of piperidine rings is 1. The van der Waals surface area contributed by atoms with Crippen LogP contribution in [0.2, 0.25) is 0 Å². The van der Waals surface area contributed by atoms with Crippen LogP contribution in [-0.4, -0.2) is 46.9 Å². The van der Waals surface area contributed by atoms with Crippen LogP contribution in [0.5, 0.6) is 0 Å². The molecule has 0 aliphatic carbocycles. The molecular formula is C25H29FN4O4. The van der Waals surface area contributed by atoms with Crippen LogP contribution in [0.4, 0.5) is 10.2 Å². The minimum absolute atomic E-state index is 0.00747. The summed E-state index contributed by atoms with van der Waals surface area (Å²) in [5.41, 5.74) is 2.63. The first kappa shape index (κ1) is 25.0. The second kappa shape index (κ2) is 11.0. The lowest BCUT2D eigenvalue weighted by Gasteiger charge is -2.31. The molecule has 34 heavy (non-hydrogen) atoms. The molecule has 9 heteroatoms. The van der Waals surface area contributed by atoms with Gasteiger partial charge in [0.1, 0.15) is 17.7 Å². The Balaban J connectivity index is 1.67. The summed E-state index contributed by atoms with van der Waals surface area (Å²) >= 11 is 0. The van der Waals surface area contributed by atoms with Gasteiger partial charge >= 0.3 is 5.97 Å². The summed E-state index contributed by atoms with van der Waals surface area (Å²) in [4.78, 5) is 38.7. The zero-order chi connectivity index (χ0) is 24.8. The van der Waals surface area contributed by atoms with E-state index in [1.165, 1.54) is 12.1 Å². The quantitative estimate of drug-likeness (QED) is 0.628. The van der Waals surface area contributed by atoms with Crippen LogP contribution in [0, 0.1) is 36.9 Å². The molecule has 0 bridgehead atoms. The molecule has 1 aliphatic rings. The SMILES string of the molecule is CCC(=O)N1CCCC(C(=O)OCC(=O)Nc2c(C#N)c(C)c(C)n2Cc2ccc(F)cc2)C1. The number of carbonyl (C=O) groups is 3. The zero-order valence-corrected chi connectivity index (χ0v) is 19.7. The van der Waals surface area contributed by atoms with E-state index in [2.05, 4.69) is 11.4 Å². The van der Waals surface area contributed by atoms with Crippen LogP contribution in [-0.2, 0) is 25.7 Å². The molecule has 2 amide bonds. The predicted molar refractivity (Wildman–Crippen MR) is 123 cm³/mol. The average molecular weight is 469 g/mol. The van der Waals surface area contributed by atoms with Gasteiger partial charge in [-0.25, -0.2) is 4.39 Å². The molecule has 0 saturated carbocycles. The molecule has 1 aliphatic heterocycles. The summed E-state index contributed by atoms with van der Waals surface area (Å²) in [5.74, 6) is -1.60. The standard InChI is InChI=1S/C25H29FN4O4/c1-4-23(32)29-11-5-6-19(14-29)25(33)34-15-22(31)28-24-21(12-27)16(2)17(3)30(24)13-18-7-9-20(26)10-8-18/h7-10,19H,4-6,11,13-15H2,1-3H3,(H,28,31).